The SMILES string of the molecule is CC(=O)Nc1ccc(S(=O)(=O)N2CCN=C2N)cc1. The molecule has 102 valence electrons. The average Bonchev–Trinajstić information content (AvgIpc) is 2.76. The van der Waals surface area contributed by atoms with Gasteiger partial charge in [-0.05, 0) is 24.3 Å². The zero-order chi connectivity index (χ0) is 14.0. The van der Waals surface area contributed by atoms with E-state index in [1.807, 2.05) is 0 Å². The smallest absolute Gasteiger partial charge is 0.266 e. The first kappa shape index (κ1) is 13.3. The van der Waals surface area contributed by atoms with Crippen LogP contribution in [0.3, 0.4) is 0 Å². The Kier molecular flexibility index (Phi) is 3.43. The average molecular weight is 282 g/mol. The highest BCUT2D eigenvalue weighted by atomic mass is 32.2. The fraction of sp³-hybridized carbons (Fsp3) is 0.273. The number of guanidine groups is 1. The second-order valence-corrected chi connectivity index (χ2v) is 5.88. The van der Waals surface area contributed by atoms with Gasteiger partial charge in [-0.25, -0.2) is 12.7 Å². The Balaban J connectivity index is 2.26. The highest BCUT2D eigenvalue weighted by molar-refractivity contribution is 7.89. The van der Waals surface area contributed by atoms with Crippen LogP contribution in [-0.2, 0) is 14.8 Å². The predicted molar refractivity (Wildman–Crippen MR) is 71.1 cm³/mol. The number of carbonyl (C=O) groups excluding carboxylic acids is 1. The van der Waals surface area contributed by atoms with Crippen LogP contribution in [0.4, 0.5) is 5.69 Å². The third-order valence-electron chi connectivity index (χ3n) is 2.60. The fourth-order valence-corrected chi connectivity index (χ4v) is 3.09. The van der Waals surface area contributed by atoms with Crippen molar-refractivity contribution < 1.29 is 13.2 Å². The van der Waals surface area contributed by atoms with Crippen LogP contribution in [0.2, 0.25) is 0 Å². The van der Waals surface area contributed by atoms with Crippen LogP contribution in [-0.4, -0.2) is 37.7 Å². The van der Waals surface area contributed by atoms with Crippen LogP contribution in [0.1, 0.15) is 6.92 Å². The lowest BCUT2D eigenvalue weighted by molar-refractivity contribution is -0.114. The molecular formula is C11H14N4O3S. The summed E-state index contributed by atoms with van der Waals surface area (Å²) in [7, 11) is -3.67. The maximum atomic E-state index is 12.3. The van der Waals surface area contributed by atoms with E-state index in [1.165, 1.54) is 31.2 Å². The number of hydrogen-bond donors (Lipinski definition) is 2. The molecule has 7 nitrogen and oxygen atoms in total. The van der Waals surface area contributed by atoms with Crippen LogP contribution in [0, 0.1) is 0 Å². The predicted octanol–water partition coefficient (Wildman–Crippen LogP) is -0.0360. The minimum Gasteiger partial charge on any atom is -0.369 e. The summed E-state index contributed by atoms with van der Waals surface area (Å²) in [6.07, 6.45) is 0. The molecule has 0 atom stereocenters. The first-order valence-corrected chi connectivity index (χ1v) is 7.05. The van der Waals surface area contributed by atoms with Gasteiger partial charge in [0.1, 0.15) is 0 Å². The van der Waals surface area contributed by atoms with Crippen LogP contribution < -0.4 is 11.1 Å². The molecule has 0 fully saturated rings. The van der Waals surface area contributed by atoms with Gasteiger partial charge in [0.2, 0.25) is 11.9 Å². The van der Waals surface area contributed by atoms with Gasteiger partial charge in [-0.15, -0.1) is 0 Å². The molecule has 1 aromatic rings. The third kappa shape index (κ3) is 2.68. The maximum Gasteiger partial charge on any atom is 0.266 e. The van der Waals surface area contributed by atoms with Gasteiger partial charge in [0.05, 0.1) is 18.0 Å². The summed E-state index contributed by atoms with van der Waals surface area (Å²) in [6.45, 7) is 2.00. The van der Waals surface area contributed by atoms with E-state index >= 15 is 0 Å². The monoisotopic (exact) mass is 282 g/mol. The van der Waals surface area contributed by atoms with Gasteiger partial charge in [-0.2, -0.15) is 0 Å². The van der Waals surface area contributed by atoms with E-state index in [1.54, 1.807) is 0 Å². The van der Waals surface area contributed by atoms with E-state index in [0.717, 1.165) is 4.31 Å². The van der Waals surface area contributed by atoms with Gasteiger partial charge in [-0.1, -0.05) is 0 Å². The van der Waals surface area contributed by atoms with E-state index in [2.05, 4.69) is 10.3 Å². The van der Waals surface area contributed by atoms with Gasteiger partial charge < -0.3 is 11.1 Å². The van der Waals surface area contributed by atoms with Gasteiger partial charge in [0.15, 0.2) is 0 Å². The number of amides is 1. The molecule has 0 aromatic heterocycles. The fourth-order valence-electron chi connectivity index (χ4n) is 1.73. The molecule has 0 saturated carbocycles. The molecule has 0 unspecified atom stereocenters. The Morgan fingerprint density at radius 2 is 2.00 bits per heavy atom. The number of nitrogens with zero attached hydrogens (tertiary/aromatic N) is 2. The van der Waals surface area contributed by atoms with Gasteiger partial charge >= 0.3 is 0 Å². The van der Waals surface area contributed by atoms with Crippen molar-refractivity contribution in [3.05, 3.63) is 24.3 Å². The van der Waals surface area contributed by atoms with Crippen LogP contribution >= 0.6 is 0 Å². The molecule has 0 aliphatic carbocycles. The number of rotatable bonds is 3. The molecular weight excluding hydrogens is 268 g/mol. The molecule has 2 rings (SSSR count). The molecule has 1 aromatic carbocycles. The molecule has 0 spiro atoms. The summed E-state index contributed by atoms with van der Waals surface area (Å²) in [5.74, 6) is -0.211. The minimum absolute atomic E-state index is 0.00550. The lowest BCUT2D eigenvalue weighted by Crippen LogP contribution is -2.38. The van der Waals surface area contributed by atoms with E-state index in [-0.39, 0.29) is 23.3 Å². The standard InChI is InChI=1S/C11H14N4O3S/c1-8(16)14-9-2-4-10(5-3-9)19(17,18)15-7-6-13-11(15)12/h2-5H,6-7H2,1H3,(H2,12,13)(H,14,16). The molecule has 1 heterocycles. The summed E-state index contributed by atoms with van der Waals surface area (Å²) < 4.78 is 25.6. The molecule has 3 N–H and O–H groups in total. The lowest BCUT2D eigenvalue weighted by Gasteiger charge is -2.17. The van der Waals surface area contributed by atoms with E-state index in [4.69, 9.17) is 5.73 Å². The van der Waals surface area contributed by atoms with Crippen molar-refractivity contribution in [2.24, 2.45) is 10.7 Å². The quantitative estimate of drug-likeness (QED) is 0.811. The number of nitrogens with two attached hydrogens (primary N) is 1. The largest absolute Gasteiger partial charge is 0.369 e. The second-order valence-electron chi connectivity index (χ2n) is 4.02. The van der Waals surface area contributed by atoms with E-state index in [0.29, 0.717) is 12.2 Å². The zero-order valence-corrected chi connectivity index (χ0v) is 11.1. The third-order valence-corrected chi connectivity index (χ3v) is 4.41. The molecule has 1 aliphatic rings. The van der Waals surface area contributed by atoms with Gasteiger partial charge in [-0.3, -0.25) is 9.79 Å². The molecule has 0 radical (unpaired) electrons. The highest BCUT2D eigenvalue weighted by Crippen LogP contribution is 2.19. The van der Waals surface area contributed by atoms with E-state index < -0.39 is 10.0 Å². The Hall–Kier alpha value is -2.09. The van der Waals surface area contributed by atoms with Crippen LogP contribution in [0.15, 0.2) is 34.2 Å². The molecule has 8 heteroatoms. The molecule has 19 heavy (non-hydrogen) atoms. The summed E-state index contributed by atoms with van der Waals surface area (Å²) in [5, 5.41) is 2.57. The lowest BCUT2D eigenvalue weighted by atomic mass is 10.3. The molecule has 1 aliphatic heterocycles. The van der Waals surface area contributed by atoms with Crippen molar-refractivity contribution in [1.82, 2.24) is 4.31 Å². The zero-order valence-electron chi connectivity index (χ0n) is 10.3. The highest BCUT2D eigenvalue weighted by Gasteiger charge is 2.28. The first-order chi connectivity index (χ1) is 8.91. The van der Waals surface area contributed by atoms with Crippen molar-refractivity contribution in [3.63, 3.8) is 0 Å². The normalized spacial score (nSPS) is 15.2. The van der Waals surface area contributed by atoms with Crippen LogP contribution in [0.25, 0.3) is 0 Å². The van der Waals surface area contributed by atoms with Crippen molar-refractivity contribution in [2.75, 3.05) is 18.4 Å². The second kappa shape index (κ2) is 4.88. The van der Waals surface area contributed by atoms with Crippen molar-refractivity contribution in [3.8, 4) is 0 Å². The topological polar surface area (TPSA) is 105 Å². The van der Waals surface area contributed by atoms with Crippen molar-refractivity contribution in [2.45, 2.75) is 11.8 Å². The Bertz CT molecular complexity index is 622. The summed E-state index contributed by atoms with van der Waals surface area (Å²) in [4.78, 5) is 14.8. The van der Waals surface area contributed by atoms with Gasteiger partial charge in [0.25, 0.3) is 10.0 Å². The summed E-state index contributed by atoms with van der Waals surface area (Å²) >= 11 is 0. The summed E-state index contributed by atoms with van der Waals surface area (Å²) in [5.41, 5.74) is 6.07. The number of nitrogens with one attached hydrogen (secondary N) is 1. The number of benzene rings is 1. The van der Waals surface area contributed by atoms with Crippen molar-refractivity contribution >= 4 is 27.6 Å². The Morgan fingerprint density at radius 3 is 2.47 bits per heavy atom. The van der Waals surface area contributed by atoms with Crippen molar-refractivity contribution in [1.29, 1.82) is 0 Å². The number of hydrogen-bond acceptors (Lipinski definition) is 5. The number of sulfonamides is 1. The number of carbonyl (C=O) groups is 1. The summed E-state index contributed by atoms with van der Waals surface area (Å²) in [6, 6.07) is 5.90. The first-order valence-electron chi connectivity index (χ1n) is 5.61. The maximum absolute atomic E-state index is 12.3. The van der Waals surface area contributed by atoms with Crippen LogP contribution in [0.5, 0.6) is 0 Å². The number of aliphatic imine (C=N–C) groups is 1. The van der Waals surface area contributed by atoms with E-state index in [9.17, 15) is 13.2 Å². The minimum atomic E-state index is -3.67. The Morgan fingerprint density at radius 1 is 1.37 bits per heavy atom. The molecule has 0 bridgehead atoms. The molecule has 0 saturated heterocycles. The van der Waals surface area contributed by atoms with Gasteiger partial charge in [0, 0.05) is 12.6 Å². The number of anilines is 1. The molecule has 1 amide bonds. The Labute approximate surface area is 111 Å².